The van der Waals surface area contributed by atoms with Gasteiger partial charge in [-0.15, -0.1) is 0 Å². The first-order valence-corrected chi connectivity index (χ1v) is 14.2. The number of carbonyl (C=O) groups excluding carboxylic acids is 1. The van der Waals surface area contributed by atoms with E-state index in [4.69, 9.17) is 9.15 Å². The van der Waals surface area contributed by atoms with E-state index in [2.05, 4.69) is 14.5 Å². The molecule has 1 N–H and O–H groups in total. The van der Waals surface area contributed by atoms with Crippen LogP contribution in [0.2, 0.25) is 0 Å². The number of hydrogen-bond acceptors (Lipinski definition) is 7. The van der Waals surface area contributed by atoms with Gasteiger partial charge < -0.3 is 19.0 Å². The zero-order valence-electron chi connectivity index (χ0n) is 21.6. The number of amides is 1. The number of hydrogen-bond donors (Lipinski definition) is 1. The second-order valence-corrected chi connectivity index (χ2v) is 11.5. The number of nitrogens with one attached hydrogen (secondary N) is 1. The Morgan fingerprint density at radius 1 is 0.944 bits per heavy atom. The van der Waals surface area contributed by atoms with Crippen molar-refractivity contribution >= 4 is 15.9 Å². The lowest BCUT2D eigenvalue weighted by Crippen LogP contribution is -2.50. The molecule has 2 aliphatic rings. The van der Waals surface area contributed by atoms with Gasteiger partial charge in [-0.2, -0.15) is 0 Å². The topological polar surface area (TPSA) is 95.3 Å². The summed E-state index contributed by atoms with van der Waals surface area (Å²) in [6.45, 7) is 11.1. The molecule has 0 bridgehead atoms. The Bertz CT molecular complexity index is 1130. The Labute approximate surface area is 214 Å². The molecule has 3 heterocycles. The van der Waals surface area contributed by atoms with Crippen molar-refractivity contribution in [3.8, 4) is 5.75 Å². The Kier molecular flexibility index (Phi) is 8.71. The lowest BCUT2D eigenvalue weighted by molar-refractivity contribution is 0.0618. The van der Waals surface area contributed by atoms with Crippen LogP contribution in [0.1, 0.15) is 46.5 Å². The first-order valence-electron chi connectivity index (χ1n) is 12.7. The molecule has 2 aliphatic heterocycles. The van der Waals surface area contributed by atoms with Crippen molar-refractivity contribution < 1.29 is 22.4 Å². The number of nitrogens with zero attached hydrogens (tertiary/aromatic N) is 3. The highest BCUT2D eigenvalue weighted by Gasteiger charge is 2.25. The highest BCUT2D eigenvalue weighted by molar-refractivity contribution is 7.89. The van der Waals surface area contributed by atoms with Gasteiger partial charge in [0.15, 0.2) is 0 Å². The molecule has 0 aliphatic carbocycles. The van der Waals surface area contributed by atoms with Gasteiger partial charge in [0.25, 0.3) is 5.91 Å². The molecule has 4 rings (SSSR count). The summed E-state index contributed by atoms with van der Waals surface area (Å²) in [5, 5.41) is 0. The van der Waals surface area contributed by atoms with Crippen LogP contribution in [0.15, 0.2) is 33.8 Å². The molecule has 0 unspecified atom stereocenters. The molecule has 0 atom stereocenters. The first kappa shape index (κ1) is 26.7. The van der Waals surface area contributed by atoms with Gasteiger partial charge in [-0.25, -0.2) is 13.1 Å². The van der Waals surface area contributed by atoms with Crippen molar-refractivity contribution in [1.29, 1.82) is 0 Å². The lowest BCUT2D eigenvalue weighted by atomic mass is 10.1. The van der Waals surface area contributed by atoms with Crippen LogP contribution >= 0.6 is 0 Å². The number of benzene rings is 1. The van der Waals surface area contributed by atoms with Crippen molar-refractivity contribution in [3.05, 3.63) is 46.9 Å². The molecule has 198 valence electrons. The van der Waals surface area contributed by atoms with Gasteiger partial charge >= 0.3 is 0 Å². The van der Waals surface area contributed by atoms with E-state index in [9.17, 15) is 13.2 Å². The third kappa shape index (κ3) is 6.47. The van der Waals surface area contributed by atoms with Gasteiger partial charge in [0.2, 0.25) is 10.0 Å². The number of sulfonamides is 1. The Hall–Kier alpha value is -2.40. The van der Waals surface area contributed by atoms with Gasteiger partial charge in [-0.1, -0.05) is 6.42 Å². The number of piperazine rings is 1. The average molecular weight is 519 g/mol. The summed E-state index contributed by atoms with van der Waals surface area (Å²) in [7, 11) is -2.22. The van der Waals surface area contributed by atoms with Gasteiger partial charge in [0.1, 0.15) is 17.8 Å². The summed E-state index contributed by atoms with van der Waals surface area (Å²) in [6, 6.07) is 5.01. The fraction of sp³-hybridized carbons (Fsp3) is 0.577. The van der Waals surface area contributed by atoms with Gasteiger partial charge in [-0.3, -0.25) is 9.69 Å². The average Bonchev–Trinajstić information content (AvgIpc) is 3.35. The normalized spacial score (nSPS) is 17.9. The molecule has 9 nitrogen and oxygen atoms in total. The van der Waals surface area contributed by atoms with Crippen LogP contribution in [-0.4, -0.2) is 88.5 Å². The van der Waals surface area contributed by atoms with Crippen molar-refractivity contribution in [3.63, 3.8) is 0 Å². The standard InChI is InChI=1S/C26H38N4O5S/c1-20-15-23(34-3)16-21(2)25(20)36(32,33)27-18-24-17-22(19-35-24)26(31)30-13-11-29(12-14-30)10-9-28-7-5-4-6-8-28/h15-17,19,27H,4-14,18H2,1-3H3. The van der Waals surface area contributed by atoms with Crippen LogP contribution in [0.4, 0.5) is 0 Å². The molecule has 2 saturated heterocycles. The highest BCUT2D eigenvalue weighted by atomic mass is 32.2. The highest BCUT2D eigenvalue weighted by Crippen LogP contribution is 2.26. The number of rotatable bonds is 9. The Balaban J connectivity index is 1.28. The summed E-state index contributed by atoms with van der Waals surface area (Å²) >= 11 is 0. The molecule has 1 aromatic heterocycles. The second-order valence-electron chi connectivity index (χ2n) is 9.75. The van der Waals surface area contributed by atoms with Crippen LogP contribution in [-0.2, 0) is 16.6 Å². The molecule has 0 radical (unpaired) electrons. The van der Waals surface area contributed by atoms with Crippen LogP contribution in [0.5, 0.6) is 5.75 Å². The van der Waals surface area contributed by atoms with E-state index in [0.29, 0.717) is 41.3 Å². The maximum absolute atomic E-state index is 13.0. The van der Waals surface area contributed by atoms with E-state index in [1.165, 1.54) is 38.6 Å². The fourth-order valence-electron chi connectivity index (χ4n) is 5.10. The van der Waals surface area contributed by atoms with E-state index in [0.717, 1.165) is 26.2 Å². The molecule has 2 fully saturated rings. The summed E-state index contributed by atoms with van der Waals surface area (Å²) in [4.78, 5) is 20.0. The first-order chi connectivity index (χ1) is 17.3. The molecule has 1 amide bonds. The van der Waals surface area contributed by atoms with Gasteiger partial charge in [0.05, 0.1) is 24.1 Å². The van der Waals surface area contributed by atoms with E-state index in [1.54, 1.807) is 39.2 Å². The molecular weight excluding hydrogens is 480 g/mol. The van der Waals surface area contributed by atoms with Crippen molar-refractivity contribution in [1.82, 2.24) is 19.4 Å². The fourth-order valence-corrected chi connectivity index (χ4v) is 6.54. The van der Waals surface area contributed by atoms with Crippen LogP contribution in [0.25, 0.3) is 0 Å². The predicted molar refractivity (Wildman–Crippen MR) is 138 cm³/mol. The van der Waals surface area contributed by atoms with Gasteiger partial charge in [0, 0.05) is 39.3 Å². The van der Waals surface area contributed by atoms with E-state index in [1.807, 2.05) is 4.90 Å². The molecule has 10 heteroatoms. The number of furan rings is 1. The minimum absolute atomic E-state index is 0.0369. The molecule has 0 spiro atoms. The minimum Gasteiger partial charge on any atom is -0.497 e. The zero-order valence-corrected chi connectivity index (χ0v) is 22.4. The third-order valence-corrected chi connectivity index (χ3v) is 8.82. The second kappa shape index (κ2) is 11.8. The van der Waals surface area contributed by atoms with Gasteiger partial charge in [-0.05, 0) is 69.1 Å². The quantitative estimate of drug-likeness (QED) is 0.545. The van der Waals surface area contributed by atoms with E-state index >= 15 is 0 Å². The Morgan fingerprint density at radius 2 is 1.56 bits per heavy atom. The monoisotopic (exact) mass is 518 g/mol. The number of aryl methyl sites for hydroxylation is 2. The summed E-state index contributed by atoms with van der Waals surface area (Å²) < 4.78 is 39.2. The van der Waals surface area contributed by atoms with Crippen molar-refractivity contribution in [2.24, 2.45) is 0 Å². The molecule has 2 aromatic rings. The Morgan fingerprint density at radius 3 is 2.17 bits per heavy atom. The predicted octanol–water partition coefficient (Wildman–Crippen LogP) is 2.63. The summed E-state index contributed by atoms with van der Waals surface area (Å²) in [6.07, 6.45) is 5.37. The SMILES string of the molecule is COc1cc(C)c(S(=O)(=O)NCc2cc(C(=O)N3CCN(CCN4CCCCC4)CC3)co2)c(C)c1. The lowest BCUT2D eigenvalue weighted by Gasteiger charge is -2.36. The largest absolute Gasteiger partial charge is 0.497 e. The molecule has 36 heavy (non-hydrogen) atoms. The molecule has 0 saturated carbocycles. The molecule has 1 aromatic carbocycles. The van der Waals surface area contributed by atoms with Crippen LogP contribution < -0.4 is 9.46 Å². The third-order valence-electron chi connectivity index (χ3n) is 7.12. The van der Waals surface area contributed by atoms with E-state index < -0.39 is 10.0 Å². The summed E-state index contributed by atoms with van der Waals surface area (Å²) in [5.41, 5.74) is 1.65. The minimum atomic E-state index is -3.77. The number of ether oxygens (including phenoxy) is 1. The molecular formula is C26H38N4O5S. The number of carbonyl (C=O) groups is 1. The van der Waals surface area contributed by atoms with Crippen LogP contribution in [0.3, 0.4) is 0 Å². The zero-order chi connectivity index (χ0) is 25.7. The maximum Gasteiger partial charge on any atom is 0.257 e. The number of piperidine rings is 1. The van der Waals surface area contributed by atoms with Crippen LogP contribution in [0, 0.1) is 13.8 Å². The van der Waals surface area contributed by atoms with Crippen molar-refractivity contribution in [2.45, 2.75) is 44.6 Å². The number of likely N-dealkylation sites (tertiary alicyclic amines) is 1. The summed E-state index contributed by atoms with van der Waals surface area (Å²) in [5.74, 6) is 0.928. The number of methoxy groups -OCH3 is 1. The smallest absolute Gasteiger partial charge is 0.257 e. The maximum atomic E-state index is 13.0. The van der Waals surface area contributed by atoms with E-state index in [-0.39, 0.29) is 17.3 Å². The van der Waals surface area contributed by atoms with Crippen molar-refractivity contribution in [2.75, 3.05) is 59.5 Å².